The Morgan fingerprint density at radius 3 is 2.75 bits per heavy atom. The number of aromatic hydroxyl groups is 1. The van der Waals surface area contributed by atoms with Gasteiger partial charge in [-0.1, -0.05) is 28.9 Å². The van der Waals surface area contributed by atoms with Crippen LogP contribution in [0, 0.1) is 12.7 Å². The van der Waals surface area contributed by atoms with Crippen LogP contribution in [-0.2, 0) is 0 Å². The van der Waals surface area contributed by atoms with Crippen LogP contribution in [0.3, 0.4) is 0 Å². The van der Waals surface area contributed by atoms with Crippen LogP contribution in [-0.4, -0.2) is 15.2 Å². The molecule has 0 aliphatic carbocycles. The van der Waals surface area contributed by atoms with Crippen molar-refractivity contribution in [2.45, 2.75) is 6.92 Å². The quantitative estimate of drug-likeness (QED) is 0.773. The van der Waals surface area contributed by atoms with Crippen LogP contribution in [0.15, 0.2) is 47.0 Å². The smallest absolute Gasteiger partial charge is 0.261 e. The minimum atomic E-state index is -0.607. The molecule has 3 aromatic rings. The molecule has 0 spiro atoms. The zero-order valence-corrected chi connectivity index (χ0v) is 10.7. The summed E-state index contributed by atoms with van der Waals surface area (Å²) in [6, 6.07) is 11.4. The number of hydrogen-bond acceptors (Lipinski definition) is 4. The fourth-order valence-electron chi connectivity index (χ4n) is 1.91. The number of nitrogens with zero attached hydrogens (tertiary/aromatic N) is 2. The number of aryl methyl sites for hydroxylation is 1. The fourth-order valence-corrected chi connectivity index (χ4v) is 1.91. The van der Waals surface area contributed by atoms with E-state index in [-0.39, 0.29) is 17.2 Å². The van der Waals surface area contributed by atoms with Crippen molar-refractivity contribution in [2.24, 2.45) is 0 Å². The lowest BCUT2D eigenvalue weighted by atomic mass is 10.1. The van der Waals surface area contributed by atoms with Crippen molar-refractivity contribution in [2.75, 3.05) is 0 Å². The highest BCUT2D eigenvalue weighted by atomic mass is 19.1. The number of phenols is 1. The highest BCUT2D eigenvalue weighted by Crippen LogP contribution is 2.26. The van der Waals surface area contributed by atoms with Crippen LogP contribution >= 0.6 is 0 Å². The number of benzene rings is 2. The van der Waals surface area contributed by atoms with E-state index in [0.29, 0.717) is 5.82 Å². The molecule has 0 aliphatic rings. The van der Waals surface area contributed by atoms with E-state index in [9.17, 15) is 9.50 Å². The maximum absolute atomic E-state index is 13.7. The molecule has 0 atom stereocenters. The molecule has 0 unspecified atom stereocenters. The SMILES string of the molecule is Cc1cccc(-c2noc(-c3ccc(O)cc3F)n2)c1. The lowest BCUT2D eigenvalue weighted by Crippen LogP contribution is -1.85. The van der Waals surface area contributed by atoms with Gasteiger partial charge in [0.1, 0.15) is 11.6 Å². The van der Waals surface area contributed by atoms with E-state index in [0.717, 1.165) is 17.2 Å². The van der Waals surface area contributed by atoms with Gasteiger partial charge >= 0.3 is 0 Å². The number of hydrogen-bond donors (Lipinski definition) is 1. The minimum Gasteiger partial charge on any atom is -0.508 e. The second-order valence-corrected chi connectivity index (χ2v) is 4.46. The summed E-state index contributed by atoms with van der Waals surface area (Å²) in [6.45, 7) is 1.96. The van der Waals surface area contributed by atoms with Crippen LogP contribution < -0.4 is 0 Å². The van der Waals surface area contributed by atoms with E-state index in [1.807, 2.05) is 31.2 Å². The Morgan fingerprint density at radius 2 is 2.00 bits per heavy atom. The van der Waals surface area contributed by atoms with Gasteiger partial charge in [0.25, 0.3) is 5.89 Å². The molecule has 3 rings (SSSR count). The summed E-state index contributed by atoms with van der Waals surface area (Å²) in [7, 11) is 0. The summed E-state index contributed by atoms with van der Waals surface area (Å²) in [5, 5.41) is 13.0. The normalized spacial score (nSPS) is 10.7. The van der Waals surface area contributed by atoms with E-state index < -0.39 is 5.82 Å². The van der Waals surface area contributed by atoms with Crippen molar-refractivity contribution in [1.29, 1.82) is 0 Å². The molecule has 0 fully saturated rings. The van der Waals surface area contributed by atoms with Crippen molar-refractivity contribution in [3.63, 3.8) is 0 Å². The molecule has 5 heteroatoms. The van der Waals surface area contributed by atoms with Gasteiger partial charge in [0.2, 0.25) is 5.82 Å². The third-order valence-corrected chi connectivity index (χ3v) is 2.89. The first kappa shape index (κ1) is 12.3. The summed E-state index contributed by atoms with van der Waals surface area (Å²) in [6.07, 6.45) is 0. The minimum absolute atomic E-state index is 0.0824. The van der Waals surface area contributed by atoms with Crippen molar-refractivity contribution in [3.8, 4) is 28.6 Å². The summed E-state index contributed by atoms with van der Waals surface area (Å²) >= 11 is 0. The highest BCUT2D eigenvalue weighted by molar-refractivity contribution is 5.61. The summed E-state index contributed by atoms with van der Waals surface area (Å²) < 4.78 is 18.8. The van der Waals surface area contributed by atoms with Gasteiger partial charge in [-0.25, -0.2) is 4.39 Å². The van der Waals surface area contributed by atoms with Gasteiger partial charge in [0, 0.05) is 11.6 Å². The number of rotatable bonds is 2. The Balaban J connectivity index is 2.02. The van der Waals surface area contributed by atoms with E-state index in [1.54, 1.807) is 0 Å². The van der Waals surface area contributed by atoms with Gasteiger partial charge in [-0.2, -0.15) is 4.98 Å². The fraction of sp³-hybridized carbons (Fsp3) is 0.0667. The second-order valence-electron chi connectivity index (χ2n) is 4.46. The van der Waals surface area contributed by atoms with Gasteiger partial charge in [0.15, 0.2) is 0 Å². The average Bonchev–Trinajstić information content (AvgIpc) is 2.88. The maximum Gasteiger partial charge on any atom is 0.261 e. The largest absolute Gasteiger partial charge is 0.508 e. The molecule has 0 saturated carbocycles. The Kier molecular flexibility index (Phi) is 2.95. The molecule has 4 nitrogen and oxygen atoms in total. The Morgan fingerprint density at radius 1 is 1.15 bits per heavy atom. The third kappa shape index (κ3) is 2.25. The Labute approximate surface area is 114 Å². The molecule has 20 heavy (non-hydrogen) atoms. The standard InChI is InChI=1S/C15H11FN2O2/c1-9-3-2-4-10(7-9)14-17-15(20-18-14)12-6-5-11(19)8-13(12)16/h2-8,19H,1H3. The molecule has 1 aromatic heterocycles. The summed E-state index contributed by atoms with van der Waals surface area (Å²) in [4.78, 5) is 4.18. The van der Waals surface area contributed by atoms with Crippen LogP contribution in [0.4, 0.5) is 4.39 Å². The van der Waals surface area contributed by atoms with E-state index in [4.69, 9.17) is 4.52 Å². The van der Waals surface area contributed by atoms with Crippen molar-refractivity contribution < 1.29 is 14.0 Å². The molecule has 100 valence electrons. The highest BCUT2D eigenvalue weighted by Gasteiger charge is 2.14. The van der Waals surface area contributed by atoms with Crippen LogP contribution in [0.25, 0.3) is 22.8 Å². The molecular weight excluding hydrogens is 259 g/mol. The lowest BCUT2D eigenvalue weighted by molar-refractivity contribution is 0.428. The van der Waals surface area contributed by atoms with Gasteiger partial charge in [0.05, 0.1) is 5.56 Å². The van der Waals surface area contributed by atoms with Crippen molar-refractivity contribution in [3.05, 3.63) is 53.8 Å². The first-order chi connectivity index (χ1) is 9.63. The predicted molar refractivity (Wildman–Crippen MR) is 71.5 cm³/mol. The molecule has 0 radical (unpaired) electrons. The molecular formula is C15H11FN2O2. The van der Waals surface area contributed by atoms with Gasteiger partial charge in [-0.15, -0.1) is 0 Å². The molecule has 0 amide bonds. The van der Waals surface area contributed by atoms with E-state index in [1.165, 1.54) is 12.1 Å². The van der Waals surface area contributed by atoms with Crippen molar-refractivity contribution >= 4 is 0 Å². The number of aromatic nitrogens is 2. The zero-order valence-electron chi connectivity index (χ0n) is 10.7. The predicted octanol–water partition coefficient (Wildman–Crippen LogP) is 3.56. The second kappa shape index (κ2) is 4.77. The van der Waals surface area contributed by atoms with Crippen LogP contribution in [0.5, 0.6) is 5.75 Å². The van der Waals surface area contributed by atoms with Gasteiger partial charge in [-0.05, 0) is 25.1 Å². The Bertz CT molecular complexity index is 768. The molecule has 1 heterocycles. The van der Waals surface area contributed by atoms with Crippen LogP contribution in [0.1, 0.15) is 5.56 Å². The molecule has 1 N–H and O–H groups in total. The summed E-state index contributed by atoms with van der Waals surface area (Å²) in [5.74, 6) is -0.274. The number of halogens is 1. The molecule has 0 saturated heterocycles. The van der Waals surface area contributed by atoms with E-state index in [2.05, 4.69) is 10.1 Å². The first-order valence-corrected chi connectivity index (χ1v) is 6.03. The lowest BCUT2D eigenvalue weighted by Gasteiger charge is -1.97. The monoisotopic (exact) mass is 270 g/mol. The summed E-state index contributed by atoms with van der Waals surface area (Å²) in [5.41, 5.74) is 2.04. The molecule has 0 bridgehead atoms. The Hall–Kier alpha value is -2.69. The first-order valence-electron chi connectivity index (χ1n) is 6.03. The van der Waals surface area contributed by atoms with Gasteiger partial charge in [-0.3, -0.25) is 0 Å². The topological polar surface area (TPSA) is 59.2 Å². The third-order valence-electron chi connectivity index (χ3n) is 2.89. The molecule has 0 aliphatic heterocycles. The van der Waals surface area contributed by atoms with Crippen LogP contribution in [0.2, 0.25) is 0 Å². The number of phenolic OH excluding ortho intramolecular Hbond substituents is 1. The van der Waals surface area contributed by atoms with Gasteiger partial charge < -0.3 is 9.63 Å². The van der Waals surface area contributed by atoms with E-state index >= 15 is 0 Å². The van der Waals surface area contributed by atoms with Crippen molar-refractivity contribution in [1.82, 2.24) is 10.1 Å². The maximum atomic E-state index is 13.7. The zero-order chi connectivity index (χ0) is 14.1. The average molecular weight is 270 g/mol. The molecule has 2 aromatic carbocycles.